The van der Waals surface area contributed by atoms with E-state index in [9.17, 15) is 53.1 Å². The average molecular weight is 1200 g/mol. The van der Waals surface area contributed by atoms with Gasteiger partial charge in [-0.15, -0.1) is 0 Å². The molecule has 6 fully saturated rings. The van der Waals surface area contributed by atoms with Crippen LogP contribution in [0.4, 0.5) is 0 Å². The third-order valence-corrected chi connectivity index (χ3v) is 18.0. The summed E-state index contributed by atoms with van der Waals surface area (Å²) in [5.41, 5.74) is -2.33. The van der Waals surface area contributed by atoms with Crippen LogP contribution in [0.25, 0.3) is 0 Å². The number of nitrogens with one attached hydrogen (secondary N) is 4. The number of carboxylic acid groups (broad SMARTS) is 1. The van der Waals surface area contributed by atoms with Gasteiger partial charge in [0.1, 0.15) is 53.2 Å². The van der Waals surface area contributed by atoms with Crippen molar-refractivity contribution in [1.82, 2.24) is 51.0 Å². The number of fused-ring (bicyclic) bond motifs is 2. The molecule has 2 saturated heterocycles. The van der Waals surface area contributed by atoms with Crippen molar-refractivity contribution in [1.29, 1.82) is 0 Å². The van der Waals surface area contributed by atoms with E-state index in [1.165, 1.54) is 25.3 Å². The molecule has 472 valence electrons. The van der Waals surface area contributed by atoms with E-state index in [4.69, 9.17) is 4.74 Å². The van der Waals surface area contributed by atoms with Gasteiger partial charge >= 0.3 is 23.9 Å². The predicted octanol–water partition coefficient (Wildman–Crippen LogP) is 5.63. The first-order valence-corrected chi connectivity index (χ1v) is 30.6. The maximum absolute atomic E-state index is 14.4. The number of likely N-dealkylation sites (tertiary alicyclic amines) is 2. The third-order valence-electron chi connectivity index (χ3n) is 18.0. The monoisotopic (exact) mass is 1200 g/mol. The fraction of sp³-hybridized carbons (Fsp3) is 0.710. The number of amides is 6. The summed E-state index contributed by atoms with van der Waals surface area (Å²) in [5.74, 6) is -5.69. The van der Waals surface area contributed by atoms with Crippen molar-refractivity contribution in [3.63, 3.8) is 0 Å². The van der Waals surface area contributed by atoms with Crippen LogP contribution in [0, 0.1) is 46.3 Å². The minimum atomic E-state index is -1.02. The molecule has 4 heterocycles. The number of hydrogen-bond donors (Lipinski definition) is 5. The summed E-state index contributed by atoms with van der Waals surface area (Å²) in [4.78, 5) is 151. The molecule has 0 unspecified atom stereocenters. The number of rotatable bonds is 16. The fourth-order valence-corrected chi connectivity index (χ4v) is 13.6. The van der Waals surface area contributed by atoms with Crippen molar-refractivity contribution in [2.75, 3.05) is 27.3 Å². The third kappa shape index (κ3) is 16.1. The Hall–Kier alpha value is -7.14. The lowest BCUT2D eigenvalue weighted by Crippen LogP contribution is -2.61. The van der Waals surface area contributed by atoms with Crippen LogP contribution in [0.15, 0.2) is 24.8 Å². The summed E-state index contributed by atoms with van der Waals surface area (Å²) < 4.78 is 15.0. The molecule has 0 bridgehead atoms. The minimum absolute atomic E-state index is 0.0288. The second kappa shape index (κ2) is 28.1. The molecule has 4 aliphatic carbocycles. The van der Waals surface area contributed by atoms with E-state index in [0.717, 1.165) is 121 Å². The summed E-state index contributed by atoms with van der Waals surface area (Å²) in [5, 5.41) is 21.6. The molecule has 6 amide bonds. The van der Waals surface area contributed by atoms with E-state index in [0.29, 0.717) is 13.1 Å². The van der Waals surface area contributed by atoms with Crippen molar-refractivity contribution in [2.24, 2.45) is 46.3 Å². The van der Waals surface area contributed by atoms with Gasteiger partial charge in [-0.2, -0.15) is 0 Å². The number of aliphatic carboxylic acids is 1. The van der Waals surface area contributed by atoms with Crippen molar-refractivity contribution in [3.8, 4) is 0 Å². The zero-order valence-corrected chi connectivity index (χ0v) is 51.9. The molecule has 10 atom stereocenters. The number of carboxylic acids is 1. The van der Waals surface area contributed by atoms with E-state index in [1.807, 2.05) is 62.3 Å². The molecule has 2 aromatic rings. The summed E-state index contributed by atoms with van der Waals surface area (Å²) in [6, 6.07) is -5.40. The van der Waals surface area contributed by atoms with Crippen LogP contribution in [0.5, 0.6) is 0 Å². The van der Waals surface area contributed by atoms with Gasteiger partial charge in [0.25, 0.3) is 11.8 Å². The number of nitrogens with zero attached hydrogens (tertiary/aromatic N) is 6. The SMILES string of the molecule is COC(=O)c1cnc(C(=O)N[C@H](C(=O)N[C@H](C(=O)N2C[C@@H]3CCC[C@@H]3[C@H]2C(=O)O)C(C)(C)C)C2CCCCC2)cn1.COC(=O)c1cnc(C(=O)N[C@H](C(=O)N[C@H](C(=O)N2C[C@@H]3CCC[C@@H]3[C@H]2C(=O)OC(C)(C)C)C(C)(C)C)C2CCCCC2)cn1. The molecule has 2 aromatic heterocycles. The predicted molar refractivity (Wildman–Crippen MR) is 311 cm³/mol. The molecule has 24 heteroatoms. The van der Waals surface area contributed by atoms with E-state index >= 15 is 0 Å². The molecule has 0 aromatic carbocycles. The van der Waals surface area contributed by atoms with Gasteiger partial charge in [0.2, 0.25) is 23.6 Å². The van der Waals surface area contributed by atoms with E-state index in [1.54, 1.807) is 4.90 Å². The molecule has 2 aliphatic heterocycles. The molecule has 0 spiro atoms. The van der Waals surface area contributed by atoms with Crippen LogP contribution < -0.4 is 21.3 Å². The lowest BCUT2D eigenvalue weighted by molar-refractivity contribution is -0.165. The Bertz CT molecular complexity index is 2800. The zero-order valence-electron chi connectivity index (χ0n) is 51.9. The van der Waals surface area contributed by atoms with Crippen LogP contribution in [0.3, 0.4) is 0 Å². The van der Waals surface area contributed by atoms with Gasteiger partial charge in [0.05, 0.1) is 39.0 Å². The van der Waals surface area contributed by atoms with Crippen molar-refractivity contribution >= 4 is 59.3 Å². The van der Waals surface area contributed by atoms with Gasteiger partial charge in [0.15, 0.2) is 11.4 Å². The highest BCUT2D eigenvalue weighted by Gasteiger charge is 2.55. The molecule has 24 nitrogen and oxygen atoms in total. The molecule has 86 heavy (non-hydrogen) atoms. The van der Waals surface area contributed by atoms with Gasteiger partial charge in [-0.25, -0.2) is 39.1 Å². The largest absolute Gasteiger partial charge is 0.480 e. The zero-order chi connectivity index (χ0) is 63.0. The fourth-order valence-electron chi connectivity index (χ4n) is 13.6. The number of esters is 3. The normalized spacial score (nSPS) is 23.8. The Morgan fingerprint density at radius 2 is 0.849 bits per heavy atom. The quantitative estimate of drug-likeness (QED) is 0.100. The first kappa shape index (κ1) is 66.4. The molecule has 0 radical (unpaired) electrons. The van der Waals surface area contributed by atoms with Crippen LogP contribution in [0.1, 0.15) is 207 Å². The highest BCUT2D eigenvalue weighted by molar-refractivity contribution is 6.00. The van der Waals surface area contributed by atoms with E-state index < -0.39 is 106 Å². The number of aromatic nitrogens is 4. The van der Waals surface area contributed by atoms with Gasteiger partial charge in [-0.05, 0) is 118 Å². The van der Waals surface area contributed by atoms with E-state index in [-0.39, 0.29) is 64.2 Å². The summed E-state index contributed by atoms with van der Waals surface area (Å²) in [6.07, 6.45) is 18.7. The second-order valence-electron chi connectivity index (χ2n) is 27.3. The van der Waals surface area contributed by atoms with Crippen molar-refractivity contribution in [2.45, 2.75) is 207 Å². The highest BCUT2D eigenvalue weighted by Crippen LogP contribution is 2.45. The number of ether oxygens (including phenoxy) is 3. The molecule has 5 N–H and O–H groups in total. The van der Waals surface area contributed by atoms with Crippen LogP contribution >= 0.6 is 0 Å². The molecule has 4 saturated carbocycles. The van der Waals surface area contributed by atoms with Gasteiger partial charge in [-0.1, -0.05) is 92.9 Å². The Morgan fingerprint density at radius 1 is 0.488 bits per heavy atom. The van der Waals surface area contributed by atoms with Crippen LogP contribution in [-0.4, -0.2) is 163 Å². The summed E-state index contributed by atoms with van der Waals surface area (Å²) >= 11 is 0. The molecule has 8 rings (SSSR count). The number of carbonyl (C=O) groups excluding carboxylic acids is 9. The van der Waals surface area contributed by atoms with Gasteiger partial charge < -0.3 is 50.4 Å². The summed E-state index contributed by atoms with van der Waals surface area (Å²) in [6.45, 7) is 17.4. The lowest BCUT2D eigenvalue weighted by Gasteiger charge is -2.38. The average Bonchev–Trinajstić information content (AvgIpc) is 1.72. The molecule has 6 aliphatic rings. The van der Waals surface area contributed by atoms with Crippen LogP contribution in [-0.2, 0) is 43.0 Å². The first-order valence-electron chi connectivity index (χ1n) is 30.6. The Kier molecular flexibility index (Phi) is 21.7. The maximum Gasteiger partial charge on any atom is 0.358 e. The Morgan fingerprint density at radius 3 is 1.19 bits per heavy atom. The number of hydrogen-bond acceptors (Lipinski definition) is 17. The van der Waals surface area contributed by atoms with Gasteiger partial charge in [-0.3, -0.25) is 28.8 Å². The van der Waals surface area contributed by atoms with Crippen molar-refractivity contribution < 1.29 is 67.3 Å². The first-order chi connectivity index (χ1) is 40.5. The lowest BCUT2D eigenvalue weighted by atomic mass is 9.82. The highest BCUT2D eigenvalue weighted by atomic mass is 16.6. The Balaban J connectivity index is 0.000000247. The summed E-state index contributed by atoms with van der Waals surface area (Å²) in [7, 11) is 2.44. The Labute approximate surface area is 504 Å². The minimum Gasteiger partial charge on any atom is -0.480 e. The van der Waals surface area contributed by atoms with Gasteiger partial charge in [0, 0.05) is 13.1 Å². The van der Waals surface area contributed by atoms with Crippen LogP contribution in [0.2, 0.25) is 0 Å². The maximum atomic E-state index is 14.4. The topological polar surface area (TPSA) is 325 Å². The number of carbonyl (C=O) groups is 10. The van der Waals surface area contributed by atoms with E-state index in [2.05, 4.69) is 50.7 Å². The number of methoxy groups -OCH3 is 2. The standard InChI is InChI=1S/C33H49N5O7.C29H41N5O7/c1-32(2,3)26(29(41)38-18-20-14-11-15-21(20)25(38)31(43)45-33(4,5)6)37-28(40)24(19-12-9-8-10-13-19)36-27(39)22-16-35-23(17-34-22)30(42)44-7;1-29(2,3)23(26(37)34-15-17-11-8-12-18(17)22(34)27(38)39)33-25(36)21(16-9-6-5-7-10-16)32-24(35)19-13-31-20(14-30-19)28(40)41-4/h16-17,19-21,24-26H,8-15,18H2,1-7H3,(H,36,39)(H,37,40);13-14,16-18,21-23H,5-12,15H2,1-4H3,(H,32,35)(H,33,36)(H,38,39)/t20-,21-,24-,25-,26+;17-,18-,21-,22-,23+/m00/s1. The molecular formula is C62H90N10O14. The second-order valence-corrected chi connectivity index (χ2v) is 27.3. The van der Waals surface area contributed by atoms with Crippen molar-refractivity contribution in [3.05, 3.63) is 47.6 Å². The molecular weight excluding hydrogens is 1110 g/mol. The smallest absolute Gasteiger partial charge is 0.358 e.